The van der Waals surface area contributed by atoms with Crippen molar-refractivity contribution in [1.29, 1.82) is 0 Å². The summed E-state index contributed by atoms with van der Waals surface area (Å²) >= 11 is 0. The number of nitrogens with zero attached hydrogens (tertiary/aromatic N) is 3. The number of rotatable bonds is 1. The average Bonchev–Trinajstić information content (AvgIpc) is 2.31. The predicted molar refractivity (Wildman–Crippen MR) is 45.3 cm³/mol. The Morgan fingerprint density at radius 3 is 2.91 bits per heavy atom. The molecular weight excluding hydrogens is 138 g/mol. The van der Waals surface area contributed by atoms with Crippen molar-refractivity contribution >= 4 is 6.08 Å². The molecule has 0 unspecified atom stereocenters. The lowest BCUT2D eigenvalue weighted by atomic mass is 10.3. The highest BCUT2D eigenvalue weighted by atomic mass is 15.0. The number of aryl methyl sites for hydroxylation is 1. The first-order valence-electron chi connectivity index (χ1n) is 3.30. The maximum atomic E-state index is 4.94. The lowest BCUT2D eigenvalue weighted by Gasteiger charge is -1.91. The van der Waals surface area contributed by atoms with Crippen LogP contribution in [0.15, 0.2) is 12.5 Å². The second-order valence-electron chi connectivity index (χ2n) is 2.29. The maximum Gasteiger partial charge on any atom is 0.307 e. The van der Waals surface area contributed by atoms with Crippen molar-refractivity contribution in [2.45, 2.75) is 6.92 Å². The van der Waals surface area contributed by atoms with E-state index in [9.17, 15) is 0 Å². The first-order chi connectivity index (χ1) is 5.25. The van der Waals surface area contributed by atoms with Crippen molar-refractivity contribution in [1.82, 2.24) is 9.55 Å². The highest BCUT2D eigenvalue weighted by Crippen LogP contribution is 2.05. The molecule has 1 aromatic heterocycles. The van der Waals surface area contributed by atoms with E-state index >= 15 is 0 Å². The van der Waals surface area contributed by atoms with Gasteiger partial charge in [-0.3, -0.25) is 0 Å². The minimum atomic E-state index is 0.904. The molecule has 0 saturated heterocycles. The quantitative estimate of drug-likeness (QED) is 0.593. The normalized spacial score (nSPS) is 10.3. The molecule has 0 saturated carbocycles. The Morgan fingerprint density at radius 1 is 1.73 bits per heavy atom. The SMILES string of the molecule is C#[N+]C=Cc1ncn(C)c1C. The molecule has 0 spiro atoms. The van der Waals surface area contributed by atoms with Gasteiger partial charge in [0.15, 0.2) is 0 Å². The summed E-state index contributed by atoms with van der Waals surface area (Å²) in [5, 5.41) is 0. The number of hydrogen-bond donors (Lipinski definition) is 0. The summed E-state index contributed by atoms with van der Waals surface area (Å²) < 4.78 is 1.94. The van der Waals surface area contributed by atoms with Crippen LogP contribution in [0, 0.1) is 13.5 Å². The van der Waals surface area contributed by atoms with E-state index < -0.39 is 0 Å². The molecule has 1 aromatic rings. The zero-order valence-electron chi connectivity index (χ0n) is 6.65. The van der Waals surface area contributed by atoms with Gasteiger partial charge >= 0.3 is 6.20 Å². The lowest BCUT2D eigenvalue weighted by Crippen LogP contribution is -1.87. The van der Waals surface area contributed by atoms with Gasteiger partial charge in [0, 0.05) is 18.8 Å². The van der Waals surface area contributed by atoms with Gasteiger partial charge in [-0.15, -0.1) is 0 Å². The summed E-state index contributed by atoms with van der Waals surface area (Å²) in [4.78, 5) is 7.46. The van der Waals surface area contributed by atoms with E-state index in [-0.39, 0.29) is 0 Å². The maximum absolute atomic E-state index is 4.94. The van der Waals surface area contributed by atoms with Crippen molar-refractivity contribution in [3.63, 3.8) is 0 Å². The molecule has 1 heterocycles. The Morgan fingerprint density at radius 2 is 2.45 bits per heavy atom. The van der Waals surface area contributed by atoms with Crippen LogP contribution in [-0.2, 0) is 7.05 Å². The van der Waals surface area contributed by atoms with Crippen LogP contribution in [0.2, 0.25) is 0 Å². The smallest absolute Gasteiger partial charge is 0.307 e. The molecule has 0 amide bonds. The molecule has 0 aliphatic rings. The molecular formula is C8H10N3+. The molecule has 0 aliphatic heterocycles. The van der Waals surface area contributed by atoms with Crippen molar-refractivity contribution in [2.24, 2.45) is 7.05 Å². The van der Waals surface area contributed by atoms with Crippen LogP contribution in [-0.4, -0.2) is 9.55 Å². The van der Waals surface area contributed by atoms with Crippen molar-refractivity contribution in [2.75, 3.05) is 0 Å². The first kappa shape index (κ1) is 7.55. The molecule has 3 nitrogen and oxygen atoms in total. The van der Waals surface area contributed by atoms with Gasteiger partial charge in [-0.1, -0.05) is 0 Å². The van der Waals surface area contributed by atoms with Crippen LogP contribution < -0.4 is 0 Å². The second-order valence-corrected chi connectivity index (χ2v) is 2.29. The monoisotopic (exact) mass is 148 g/mol. The zero-order chi connectivity index (χ0) is 8.27. The van der Waals surface area contributed by atoms with Crippen molar-refractivity contribution in [3.8, 4) is 6.57 Å². The first-order valence-corrected chi connectivity index (χ1v) is 3.30. The number of aromatic nitrogens is 2. The minimum absolute atomic E-state index is 0.904. The van der Waals surface area contributed by atoms with Gasteiger partial charge in [0.25, 0.3) is 6.57 Å². The standard InChI is InChI=1S/C8H10N3/c1-7-8(4-5-9-2)10-6-11(7)3/h2,4-6H,1,3H3/q+1. The number of imidazole rings is 1. The van der Waals surface area contributed by atoms with Gasteiger partial charge in [-0.2, -0.15) is 0 Å². The molecule has 1 rings (SSSR count). The summed E-state index contributed by atoms with van der Waals surface area (Å²) in [5.74, 6) is 0. The van der Waals surface area contributed by atoms with Crippen molar-refractivity contribution in [3.05, 3.63) is 28.8 Å². The van der Waals surface area contributed by atoms with E-state index in [1.54, 1.807) is 12.4 Å². The number of hydrogen-bond acceptors (Lipinski definition) is 1. The Bertz CT molecular complexity index is 315. The molecule has 0 fully saturated rings. The zero-order valence-corrected chi connectivity index (χ0v) is 6.65. The van der Waals surface area contributed by atoms with Gasteiger partial charge in [-0.25, -0.2) is 4.98 Å². The summed E-state index contributed by atoms with van der Waals surface area (Å²) in [6, 6.07) is 0. The van der Waals surface area contributed by atoms with Crippen LogP contribution in [0.3, 0.4) is 0 Å². The van der Waals surface area contributed by atoms with E-state index in [0.717, 1.165) is 11.4 Å². The van der Waals surface area contributed by atoms with E-state index in [4.69, 9.17) is 6.57 Å². The van der Waals surface area contributed by atoms with E-state index in [1.807, 2.05) is 18.5 Å². The summed E-state index contributed by atoms with van der Waals surface area (Å²) in [6.45, 7) is 6.93. The Balaban J connectivity index is 2.98. The van der Waals surface area contributed by atoms with Gasteiger partial charge in [-0.05, 0) is 11.8 Å². The molecule has 0 aliphatic carbocycles. The minimum Gasteiger partial charge on any atom is -0.337 e. The Labute approximate surface area is 65.8 Å². The predicted octanol–water partition coefficient (Wildman–Crippen LogP) is 1.66. The van der Waals surface area contributed by atoms with E-state index in [1.165, 1.54) is 6.20 Å². The fourth-order valence-electron chi connectivity index (χ4n) is 0.787. The topological polar surface area (TPSA) is 22.2 Å². The fourth-order valence-corrected chi connectivity index (χ4v) is 0.787. The summed E-state index contributed by atoms with van der Waals surface area (Å²) in [5.41, 5.74) is 2.01. The van der Waals surface area contributed by atoms with Gasteiger partial charge < -0.3 is 4.57 Å². The summed E-state index contributed by atoms with van der Waals surface area (Å²) in [7, 11) is 1.94. The molecule has 56 valence electrons. The third-order valence-corrected chi connectivity index (χ3v) is 1.59. The molecule has 11 heavy (non-hydrogen) atoms. The van der Waals surface area contributed by atoms with Crippen LogP contribution >= 0.6 is 0 Å². The molecule has 0 bridgehead atoms. The van der Waals surface area contributed by atoms with Crippen LogP contribution in [0.1, 0.15) is 11.4 Å². The third-order valence-electron chi connectivity index (χ3n) is 1.59. The molecule has 0 atom stereocenters. The van der Waals surface area contributed by atoms with E-state index in [0.29, 0.717) is 0 Å². The summed E-state index contributed by atoms with van der Waals surface area (Å²) in [6.07, 6.45) is 5.05. The Kier molecular flexibility index (Phi) is 2.07. The molecule has 0 N–H and O–H groups in total. The molecule has 0 aromatic carbocycles. The van der Waals surface area contributed by atoms with Crippen LogP contribution in [0.25, 0.3) is 10.9 Å². The van der Waals surface area contributed by atoms with Gasteiger partial charge in [0.05, 0.1) is 12.0 Å². The Hall–Kier alpha value is -1.56. The lowest BCUT2D eigenvalue weighted by molar-refractivity contribution is 0.873. The average molecular weight is 148 g/mol. The van der Waals surface area contributed by atoms with Gasteiger partial charge in [0.2, 0.25) is 0 Å². The molecule has 3 heteroatoms. The molecule has 0 radical (unpaired) electrons. The van der Waals surface area contributed by atoms with Crippen LogP contribution in [0.5, 0.6) is 0 Å². The second kappa shape index (κ2) is 3.02. The highest BCUT2D eigenvalue weighted by molar-refractivity contribution is 5.48. The van der Waals surface area contributed by atoms with E-state index in [2.05, 4.69) is 9.83 Å². The van der Waals surface area contributed by atoms with Crippen molar-refractivity contribution < 1.29 is 0 Å². The largest absolute Gasteiger partial charge is 0.337 e. The fraction of sp³-hybridized carbons (Fsp3) is 0.250. The van der Waals surface area contributed by atoms with Crippen LogP contribution in [0.4, 0.5) is 0 Å². The third kappa shape index (κ3) is 1.47. The van der Waals surface area contributed by atoms with Gasteiger partial charge in [0.1, 0.15) is 0 Å². The highest BCUT2D eigenvalue weighted by Gasteiger charge is 1.99.